The maximum Gasteiger partial charge on any atom is 0.429 e. The number of carboxylic acids is 1. The molecular weight excluding hydrogens is 515 g/mol. The molecule has 0 saturated heterocycles. The lowest BCUT2D eigenvalue weighted by Gasteiger charge is -2.22. The quantitative estimate of drug-likeness (QED) is 0.281. The van der Waals surface area contributed by atoms with Crippen LogP contribution in [0.3, 0.4) is 0 Å². The van der Waals surface area contributed by atoms with Crippen molar-refractivity contribution in [1.82, 2.24) is 15.0 Å². The van der Waals surface area contributed by atoms with Crippen LogP contribution in [0.4, 0.5) is 19.1 Å². The summed E-state index contributed by atoms with van der Waals surface area (Å²) in [5, 5.41) is 8.98. The third-order valence-electron chi connectivity index (χ3n) is 5.77. The molecule has 2 aromatic heterocycles. The molecule has 5 N–H and O–H groups in total. The summed E-state index contributed by atoms with van der Waals surface area (Å²) >= 11 is 0. The molecule has 2 atom stereocenters. The Hall–Kier alpha value is -4.71. The molecular formula is C27H24F3N5O4. The van der Waals surface area contributed by atoms with Gasteiger partial charge in [0.15, 0.2) is 0 Å². The number of hydrogen-bond donors (Lipinski definition) is 3. The van der Waals surface area contributed by atoms with Crippen molar-refractivity contribution in [3.63, 3.8) is 0 Å². The summed E-state index contributed by atoms with van der Waals surface area (Å²) in [7, 11) is 1.49. The fourth-order valence-electron chi connectivity index (χ4n) is 3.79. The molecule has 12 heteroatoms. The molecule has 0 aliphatic carbocycles. The number of carboxylic acid groups (broad SMARTS) is 1. The van der Waals surface area contributed by atoms with Crippen molar-refractivity contribution in [2.75, 3.05) is 12.8 Å². The molecule has 202 valence electrons. The highest BCUT2D eigenvalue weighted by molar-refractivity contribution is 5.73. The summed E-state index contributed by atoms with van der Waals surface area (Å²) in [6, 6.07) is 14.2. The van der Waals surface area contributed by atoms with Gasteiger partial charge in [-0.15, -0.1) is 0 Å². The zero-order valence-corrected chi connectivity index (χ0v) is 20.6. The number of carbonyl (C=O) groups is 1. The third kappa shape index (κ3) is 6.79. The standard InChI is InChI=1S/C27H24F3N5O4/c1-38-20-11-19(13-33-14-20)16-6-8-18(9-7-16)24(27(28,29)30)39-23-12-22(34-26(32)35-23)17-4-2-15(3-5-17)10-21(31)25(36)37/h2-9,11-14,21,24H,10,31H2,1H3,(H,36,37)(H2,32,34,35)/t21-,24+/m0/s1. The van der Waals surface area contributed by atoms with E-state index in [-0.39, 0.29) is 29.5 Å². The number of nitrogens with two attached hydrogens (primary N) is 2. The number of hydrogen-bond acceptors (Lipinski definition) is 8. The van der Waals surface area contributed by atoms with Crippen LogP contribution in [0.25, 0.3) is 22.4 Å². The number of benzene rings is 2. The van der Waals surface area contributed by atoms with Gasteiger partial charge in [0.2, 0.25) is 17.9 Å². The number of anilines is 1. The van der Waals surface area contributed by atoms with Crippen molar-refractivity contribution in [3.8, 4) is 34.0 Å². The number of ether oxygens (including phenoxy) is 2. The van der Waals surface area contributed by atoms with Gasteiger partial charge in [-0.3, -0.25) is 9.78 Å². The minimum atomic E-state index is -4.76. The van der Waals surface area contributed by atoms with E-state index in [0.717, 1.165) is 0 Å². The summed E-state index contributed by atoms with van der Waals surface area (Å²) in [5.74, 6) is -1.25. The van der Waals surface area contributed by atoms with Gasteiger partial charge in [-0.05, 0) is 23.6 Å². The molecule has 0 bridgehead atoms. The third-order valence-corrected chi connectivity index (χ3v) is 5.77. The molecule has 0 radical (unpaired) electrons. The zero-order valence-electron chi connectivity index (χ0n) is 20.6. The lowest BCUT2D eigenvalue weighted by molar-refractivity contribution is -0.198. The fraction of sp³-hybridized carbons (Fsp3) is 0.185. The van der Waals surface area contributed by atoms with Crippen molar-refractivity contribution in [2.45, 2.75) is 24.7 Å². The van der Waals surface area contributed by atoms with Crippen LogP contribution in [0.5, 0.6) is 11.6 Å². The number of alkyl halides is 3. The van der Waals surface area contributed by atoms with Gasteiger partial charge in [0.05, 0.1) is 19.0 Å². The van der Waals surface area contributed by atoms with Crippen LogP contribution in [-0.2, 0) is 11.2 Å². The first-order chi connectivity index (χ1) is 18.5. The van der Waals surface area contributed by atoms with E-state index < -0.39 is 24.3 Å². The van der Waals surface area contributed by atoms with E-state index >= 15 is 0 Å². The topological polar surface area (TPSA) is 146 Å². The maximum absolute atomic E-state index is 14.1. The van der Waals surface area contributed by atoms with Crippen LogP contribution >= 0.6 is 0 Å². The molecule has 39 heavy (non-hydrogen) atoms. The smallest absolute Gasteiger partial charge is 0.429 e. The van der Waals surface area contributed by atoms with Crippen molar-refractivity contribution in [1.29, 1.82) is 0 Å². The summed E-state index contributed by atoms with van der Waals surface area (Å²) in [6.45, 7) is 0. The minimum absolute atomic E-state index is 0.107. The van der Waals surface area contributed by atoms with Gasteiger partial charge < -0.3 is 26.0 Å². The van der Waals surface area contributed by atoms with E-state index in [0.29, 0.717) is 28.0 Å². The van der Waals surface area contributed by atoms with Crippen molar-refractivity contribution >= 4 is 11.9 Å². The number of methoxy groups -OCH3 is 1. The van der Waals surface area contributed by atoms with E-state index in [1.54, 1.807) is 36.5 Å². The zero-order chi connectivity index (χ0) is 28.2. The summed E-state index contributed by atoms with van der Waals surface area (Å²) < 4.78 is 52.7. The molecule has 2 heterocycles. The largest absolute Gasteiger partial charge is 0.495 e. The van der Waals surface area contributed by atoms with Gasteiger partial charge in [0.25, 0.3) is 0 Å². The lowest BCUT2D eigenvalue weighted by atomic mass is 10.0. The highest BCUT2D eigenvalue weighted by Gasteiger charge is 2.43. The monoisotopic (exact) mass is 539 g/mol. The first-order valence-electron chi connectivity index (χ1n) is 11.6. The summed E-state index contributed by atoms with van der Waals surface area (Å²) in [4.78, 5) is 23.0. The molecule has 4 rings (SSSR count). The second kappa shape index (κ2) is 11.4. The van der Waals surface area contributed by atoms with Gasteiger partial charge in [-0.2, -0.15) is 18.2 Å². The van der Waals surface area contributed by atoms with Crippen molar-refractivity contribution in [3.05, 3.63) is 84.2 Å². The lowest BCUT2D eigenvalue weighted by Crippen LogP contribution is -2.32. The van der Waals surface area contributed by atoms with Gasteiger partial charge in [0, 0.05) is 29.0 Å². The van der Waals surface area contributed by atoms with Crippen LogP contribution in [0.1, 0.15) is 17.2 Å². The van der Waals surface area contributed by atoms with E-state index in [1.165, 1.54) is 43.6 Å². The second-order valence-electron chi connectivity index (χ2n) is 8.57. The van der Waals surface area contributed by atoms with Gasteiger partial charge in [-0.1, -0.05) is 48.5 Å². The number of aromatic nitrogens is 3. The van der Waals surface area contributed by atoms with E-state index in [9.17, 15) is 18.0 Å². The SMILES string of the molecule is COc1cncc(-c2ccc([C@@H](Oc3cc(-c4ccc(C[C@H](N)C(=O)O)cc4)nc(N)n3)C(F)(F)F)cc2)c1. The van der Waals surface area contributed by atoms with E-state index in [4.69, 9.17) is 26.0 Å². The number of aliphatic carboxylic acids is 1. The average molecular weight is 540 g/mol. The molecule has 0 aliphatic rings. The molecule has 0 unspecified atom stereocenters. The van der Waals surface area contributed by atoms with Gasteiger partial charge >= 0.3 is 12.1 Å². The number of rotatable bonds is 9. The highest BCUT2D eigenvalue weighted by Crippen LogP contribution is 2.38. The van der Waals surface area contributed by atoms with Crippen LogP contribution in [-0.4, -0.2) is 45.4 Å². The second-order valence-corrected chi connectivity index (χ2v) is 8.57. The number of nitrogen functional groups attached to an aromatic ring is 1. The molecule has 0 fully saturated rings. The van der Waals surface area contributed by atoms with Crippen molar-refractivity contribution in [2.24, 2.45) is 5.73 Å². The first-order valence-corrected chi connectivity index (χ1v) is 11.6. The van der Waals surface area contributed by atoms with Crippen LogP contribution in [0.15, 0.2) is 73.1 Å². The molecule has 9 nitrogen and oxygen atoms in total. The fourth-order valence-corrected chi connectivity index (χ4v) is 3.79. The summed E-state index contributed by atoms with van der Waals surface area (Å²) in [5.41, 5.74) is 13.9. The first kappa shape index (κ1) is 27.3. The number of nitrogens with zero attached hydrogens (tertiary/aromatic N) is 3. The summed E-state index contributed by atoms with van der Waals surface area (Å²) in [6.07, 6.45) is -3.87. The molecule has 4 aromatic rings. The molecule has 0 aliphatic heterocycles. The normalized spacial score (nSPS) is 12.9. The molecule has 2 aromatic carbocycles. The Labute approximate surface area is 221 Å². The van der Waals surface area contributed by atoms with E-state index in [2.05, 4.69) is 15.0 Å². The van der Waals surface area contributed by atoms with Gasteiger partial charge in [-0.25, -0.2) is 4.98 Å². The number of pyridine rings is 1. The predicted molar refractivity (Wildman–Crippen MR) is 137 cm³/mol. The van der Waals surface area contributed by atoms with Crippen LogP contribution < -0.4 is 20.9 Å². The molecule has 0 saturated carbocycles. The Morgan fingerprint density at radius 3 is 2.26 bits per heavy atom. The number of halogens is 3. The predicted octanol–water partition coefficient (Wildman–Crippen LogP) is 4.43. The van der Waals surface area contributed by atoms with Crippen LogP contribution in [0.2, 0.25) is 0 Å². The maximum atomic E-state index is 14.1. The Morgan fingerprint density at radius 2 is 1.64 bits per heavy atom. The Bertz CT molecular complexity index is 1450. The molecule has 0 spiro atoms. The Morgan fingerprint density at radius 1 is 0.974 bits per heavy atom. The average Bonchev–Trinajstić information content (AvgIpc) is 2.91. The molecule has 0 amide bonds. The van der Waals surface area contributed by atoms with Crippen LogP contribution in [0, 0.1) is 0 Å². The van der Waals surface area contributed by atoms with E-state index in [1.807, 2.05) is 0 Å². The minimum Gasteiger partial charge on any atom is -0.495 e. The Balaban J connectivity index is 1.58. The Kier molecular flexibility index (Phi) is 7.96. The van der Waals surface area contributed by atoms with Gasteiger partial charge in [0.1, 0.15) is 11.8 Å². The highest BCUT2D eigenvalue weighted by atomic mass is 19.4. The van der Waals surface area contributed by atoms with Crippen molar-refractivity contribution < 1.29 is 32.5 Å².